The predicted octanol–water partition coefficient (Wildman–Crippen LogP) is 2.07. The summed E-state index contributed by atoms with van der Waals surface area (Å²) in [4.78, 5) is 0. The first-order valence-corrected chi connectivity index (χ1v) is 5.82. The first-order chi connectivity index (χ1) is 8.85. The second-order valence-corrected chi connectivity index (χ2v) is 4.27. The van der Waals surface area contributed by atoms with Crippen molar-refractivity contribution in [1.29, 1.82) is 0 Å². The zero-order valence-electron chi connectivity index (χ0n) is 11.5. The Morgan fingerprint density at radius 3 is 2.37 bits per heavy atom. The zero-order chi connectivity index (χ0) is 14.6. The van der Waals surface area contributed by atoms with E-state index in [1.807, 2.05) is 0 Å². The van der Waals surface area contributed by atoms with Gasteiger partial charge in [-0.2, -0.15) is 0 Å². The van der Waals surface area contributed by atoms with Crippen LogP contribution in [0.3, 0.4) is 0 Å². The third-order valence-corrected chi connectivity index (χ3v) is 2.76. The van der Waals surface area contributed by atoms with Gasteiger partial charge in [0.2, 0.25) is 0 Å². The fraction of sp³-hybridized carbons (Fsp3) is 0.538. The van der Waals surface area contributed by atoms with Gasteiger partial charge in [0.1, 0.15) is 0 Å². The number of rotatable bonds is 6. The monoisotopic (exact) mass is 275 g/mol. The van der Waals surface area contributed by atoms with Crippen LogP contribution in [0.15, 0.2) is 12.1 Å². The lowest BCUT2D eigenvalue weighted by Crippen LogP contribution is -2.18. The van der Waals surface area contributed by atoms with Crippen molar-refractivity contribution in [2.24, 2.45) is 0 Å². The van der Waals surface area contributed by atoms with E-state index in [1.54, 1.807) is 7.05 Å². The number of nitrogens with one attached hydrogen (secondary N) is 1. The van der Waals surface area contributed by atoms with Crippen LogP contribution in [-0.2, 0) is 5.92 Å². The highest BCUT2D eigenvalue weighted by Crippen LogP contribution is 2.42. The maximum Gasteiger partial charge on any atom is 0.274 e. The number of benzene rings is 1. The summed E-state index contributed by atoms with van der Waals surface area (Å²) in [6, 6.07) is 2.74. The Morgan fingerprint density at radius 2 is 1.95 bits per heavy atom. The zero-order valence-corrected chi connectivity index (χ0v) is 11.5. The van der Waals surface area contributed by atoms with Crippen LogP contribution < -0.4 is 14.8 Å². The minimum atomic E-state index is -3.09. The Balaban J connectivity index is 3.38. The Labute approximate surface area is 111 Å². The van der Waals surface area contributed by atoms with Crippen molar-refractivity contribution in [3.05, 3.63) is 23.3 Å². The maximum absolute atomic E-state index is 13.6. The number of likely N-dealkylation sites (N-methyl/N-ethyl adjacent to an activating group) is 1. The van der Waals surface area contributed by atoms with E-state index >= 15 is 0 Å². The van der Waals surface area contributed by atoms with E-state index in [9.17, 15) is 13.9 Å². The summed E-state index contributed by atoms with van der Waals surface area (Å²) >= 11 is 0. The van der Waals surface area contributed by atoms with E-state index in [0.29, 0.717) is 5.56 Å². The largest absolute Gasteiger partial charge is 0.493 e. The van der Waals surface area contributed by atoms with Crippen LogP contribution in [0.5, 0.6) is 11.5 Å². The Morgan fingerprint density at radius 1 is 1.32 bits per heavy atom. The molecule has 4 nitrogen and oxygen atoms in total. The second kappa shape index (κ2) is 6.16. The van der Waals surface area contributed by atoms with Crippen molar-refractivity contribution in [2.45, 2.75) is 19.0 Å². The first-order valence-electron chi connectivity index (χ1n) is 5.82. The van der Waals surface area contributed by atoms with E-state index < -0.39 is 12.0 Å². The average Bonchev–Trinajstić information content (AvgIpc) is 2.36. The quantitative estimate of drug-likeness (QED) is 0.834. The molecule has 0 saturated heterocycles. The van der Waals surface area contributed by atoms with E-state index in [-0.39, 0.29) is 23.6 Å². The van der Waals surface area contributed by atoms with Crippen molar-refractivity contribution in [1.82, 2.24) is 5.32 Å². The molecule has 0 aliphatic carbocycles. The molecular weight excluding hydrogens is 256 g/mol. The van der Waals surface area contributed by atoms with Crippen molar-refractivity contribution in [3.63, 3.8) is 0 Å². The number of aliphatic hydroxyl groups excluding tert-OH is 1. The molecule has 1 rings (SSSR count). The number of hydrogen-bond acceptors (Lipinski definition) is 4. The lowest BCUT2D eigenvalue weighted by Gasteiger charge is -2.20. The molecule has 19 heavy (non-hydrogen) atoms. The number of ether oxygens (including phenoxy) is 2. The molecule has 0 fully saturated rings. The Kier molecular flexibility index (Phi) is 5.08. The fourth-order valence-corrected chi connectivity index (χ4v) is 1.82. The van der Waals surface area contributed by atoms with Crippen LogP contribution >= 0.6 is 0 Å². The molecule has 108 valence electrons. The van der Waals surface area contributed by atoms with Crippen LogP contribution in [0.25, 0.3) is 0 Å². The molecule has 1 unspecified atom stereocenters. The minimum Gasteiger partial charge on any atom is -0.493 e. The highest BCUT2D eigenvalue weighted by molar-refractivity contribution is 5.51. The lowest BCUT2D eigenvalue weighted by atomic mass is 10.0. The van der Waals surface area contributed by atoms with Gasteiger partial charge in [-0.1, -0.05) is 0 Å². The number of methoxy groups -OCH3 is 2. The summed E-state index contributed by atoms with van der Waals surface area (Å²) in [7, 11) is 4.33. The first kappa shape index (κ1) is 15.7. The third kappa shape index (κ3) is 3.54. The summed E-state index contributed by atoms with van der Waals surface area (Å²) < 4.78 is 37.3. The molecule has 0 aromatic heterocycles. The SMILES string of the molecule is CNCC(O)c1cc(OC)c(OC)c(C(C)(F)F)c1. The van der Waals surface area contributed by atoms with E-state index in [0.717, 1.165) is 6.92 Å². The van der Waals surface area contributed by atoms with Crippen LogP contribution in [0.2, 0.25) is 0 Å². The molecule has 6 heteroatoms. The topological polar surface area (TPSA) is 50.7 Å². The van der Waals surface area contributed by atoms with Crippen molar-refractivity contribution >= 4 is 0 Å². The van der Waals surface area contributed by atoms with Gasteiger partial charge in [0.15, 0.2) is 11.5 Å². The van der Waals surface area contributed by atoms with Gasteiger partial charge < -0.3 is 19.9 Å². The van der Waals surface area contributed by atoms with Gasteiger partial charge in [0.05, 0.1) is 25.9 Å². The summed E-state index contributed by atoms with van der Waals surface area (Å²) in [6.07, 6.45) is -0.897. The third-order valence-electron chi connectivity index (χ3n) is 2.76. The van der Waals surface area contributed by atoms with Gasteiger partial charge in [-0.25, -0.2) is 8.78 Å². The number of halogens is 2. The molecule has 1 atom stereocenters. The van der Waals surface area contributed by atoms with Crippen LogP contribution in [0, 0.1) is 0 Å². The Hall–Kier alpha value is -1.40. The average molecular weight is 275 g/mol. The lowest BCUT2D eigenvalue weighted by molar-refractivity contribution is 0.0144. The van der Waals surface area contributed by atoms with Gasteiger partial charge in [-0.3, -0.25) is 0 Å². The highest BCUT2D eigenvalue weighted by Gasteiger charge is 2.31. The van der Waals surface area contributed by atoms with Gasteiger partial charge in [-0.05, 0) is 24.7 Å². The Bertz CT molecular complexity index is 433. The highest BCUT2D eigenvalue weighted by atomic mass is 19.3. The summed E-state index contributed by atoms with van der Waals surface area (Å²) in [5.74, 6) is -2.93. The molecule has 0 aliphatic heterocycles. The molecule has 0 saturated carbocycles. The normalized spacial score (nSPS) is 13.2. The molecular formula is C13H19F2NO3. The van der Waals surface area contributed by atoms with E-state index in [2.05, 4.69) is 5.32 Å². The second-order valence-electron chi connectivity index (χ2n) is 4.27. The van der Waals surface area contributed by atoms with Gasteiger partial charge >= 0.3 is 0 Å². The van der Waals surface area contributed by atoms with E-state index in [4.69, 9.17) is 9.47 Å². The summed E-state index contributed by atoms with van der Waals surface area (Å²) in [5.41, 5.74) is 0.0445. The molecule has 0 spiro atoms. The molecule has 1 aromatic carbocycles. The van der Waals surface area contributed by atoms with Gasteiger partial charge in [0.25, 0.3) is 5.92 Å². The minimum absolute atomic E-state index is 0.0181. The molecule has 0 aliphatic rings. The van der Waals surface area contributed by atoms with Crippen LogP contribution in [0.1, 0.15) is 24.2 Å². The molecule has 2 N–H and O–H groups in total. The molecule has 0 heterocycles. The molecule has 0 amide bonds. The van der Waals surface area contributed by atoms with Crippen molar-refractivity contribution < 1.29 is 23.4 Å². The summed E-state index contributed by atoms with van der Waals surface area (Å²) in [5, 5.41) is 12.7. The van der Waals surface area contributed by atoms with Crippen molar-refractivity contribution in [2.75, 3.05) is 27.8 Å². The molecule has 0 bridgehead atoms. The summed E-state index contributed by atoms with van der Waals surface area (Å²) in [6.45, 7) is 1.03. The fourth-order valence-electron chi connectivity index (χ4n) is 1.82. The standard InChI is InChI=1S/C13H19F2NO3/c1-13(14,15)9-5-8(10(17)7-16-2)6-11(18-3)12(9)19-4/h5-6,10,16-17H,7H2,1-4H3. The smallest absolute Gasteiger partial charge is 0.274 e. The van der Waals surface area contributed by atoms with Gasteiger partial charge in [-0.15, -0.1) is 0 Å². The van der Waals surface area contributed by atoms with Crippen LogP contribution in [0.4, 0.5) is 8.78 Å². The number of hydrogen-bond donors (Lipinski definition) is 2. The van der Waals surface area contributed by atoms with E-state index in [1.165, 1.54) is 26.4 Å². The molecule has 0 radical (unpaired) electrons. The maximum atomic E-state index is 13.6. The number of aliphatic hydroxyl groups is 1. The molecule has 1 aromatic rings. The van der Waals surface area contributed by atoms with Crippen molar-refractivity contribution in [3.8, 4) is 11.5 Å². The predicted molar refractivity (Wildman–Crippen MR) is 68.0 cm³/mol. The number of alkyl halides is 2. The van der Waals surface area contributed by atoms with Gasteiger partial charge in [0, 0.05) is 13.5 Å². The van der Waals surface area contributed by atoms with Crippen LogP contribution in [-0.4, -0.2) is 32.9 Å².